The average Bonchev–Trinajstić information content (AvgIpc) is 2.82. The molecule has 0 unspecified atom stereocenters. The molecule has 0 spiro atoms. The number of para-hydroxylation sites is 1. The molecule has 3 aromatic rings. The second-order valence-electron chi connectivity index (χ2n) is 6.69. The zero-order valence-corrected chi connectivity index (χ0v) is 17.4. The van der Waals surface area contributed by atoms with Gasteiger partial charge in [0.15, 0.2) is 5.78 Å². The van der Waals surface area contributed by atoms with Crippen molar-refractivity contribution in [2.24, 2.45) is 0 Å². The standard InChI is InChI=1S/C27H24O4/c1-2-30-27(29)23(19-22-13-7-4-8-14-22)20-31-26-16-10-9-15-24(26)25(28)18-17-21-11-5-3-6-12-21/h3-19H,2,20H2,1H3/b18-17?,23-19+. The Hall–Kier alpha value is -3.92. The second-order valence-corrected chi connectivity index (χ2v) is 6.69. The summed E-state index contributed by atoms with van der Waals surface area (Å²) in [7, 11) is 0. The lowest BCUT2D eigenvalue weighted by molar-refractivity contribution is -0.138. The number of ketones is 1. The van der Waals surface area contributed by atoms with E-state index in [0.29, 0.717) is 16.9 Å². The van der Waals surface area contributed by atoms with Crippen molar-refractivity contribution in [3.8, 4) is 5.75 Å². The molecule has 0 amide bonds. The largest absolute Gasteiger partial charge is 0.488 e. The molecule has 0 aliphatic rings. The molecule has 0 aliphatic heterocycles. The Morgan fingerprint density at radius 1 is 0.806 bits per heavy atom. The van der Waals surface area contributed by atoms with Crippen LogP contribution in [0.1, 0.15) is 28.4 Å². The van der Waals surface area contributed by atoms with Crippen LogP contribution in [0.5, 0.6) is 5.75 Å². The van der Waals surface area contributed by atoms with Crippen molar-refractivity contribution in [2.45, 2.75) is 6.92 Å². The predicted octanol–water partition coefficient (Wildman–Crippen LogP) is 5.61. The molecule has 0 atom stereocenters. The van der Waals surface area contributed by atoms with Crippen LogP contribution in [0, 0.1) is 0 Å². The summed E-state index contributed by atoms with van der Waals surface area (Å²) in [6, 6.07) is 26.1. The number of hydrogen-bond donors (Lipinski definition) is 0. The quantitative estimate of drug-likeness (QED) is 0.260. The van der Waals surface area contributed by atoms with E-state index in [0.717, 1.165) is 11.1 Å². The van der Waals surface area contributed by atoms with Crippen molar-refractivity contribution >= 4 is 23.9 Å². The summed E-state index contributed by atoms with van der Waals surface area (Å²) in [5.74, 6) is -0.211. The van der Waals surface area contributed by atoms with Gasteiger partial charge in [-0.1, -0.05) is 78.9 Å². The Bertz CT molecular complexity index is 1070. The SMILES string of the molecule is CCOC(=O)/C(=C/c1ccccc1)COc1ccccc1C(=O)C=Cc1ccccc1. The van der Waals surface area contributed by atoms with Gasteiger partial charge in [-0.05, 0) is 42.3 Å². The summed E-state index contributed by atoms with van der Waals surface area (Å²) < 4.78 is 11.1. The molecule has 0 aromatic heterocycles. The highest BCUT2D eigenvalue weighted by Crippen LogP contribution is 2.21. The highest BCUT2D eigenvalue weighted by atomic mass is 16.5. The molecular weight excluding hydrogens is 388 g/mol. The van der Waals surface area contributed by atoms with Gasteiger partial charge in [0.25, 0.3) is 0 Å². The van der Waals surface area contributed by atoms with Gasteiger partial charge in [-0.15, -0.1) is 0 Å². The normalized spacial score (nSPS) is 11.3. The minimum absolute atomic E-state index is 0.0135. The maximum atomic E-state index is 12.7. The molecule has 0 N–H and O–H groups in total. The second kappa shape index (κ2) is 11.3. The van der Waals surface area contributed by atoms with Crippen LogP contribution in [-0.2, 0) is 9.53 Å². The number of hydrogen-bond acceptors (Lipinski definition) is 4. The first kappa shape index (κ1) is 21.8. The van der Waals surface area contributed by atoms with Gasteiger partial charge in [-0.25, -0.2) is 4.79 Å². The number of carbonyl (C=O) groups is 2. The fourth-order valence-electron chi connectivity index (χ4n) is 2.91. The van der Waals surface area contributed by atoms with Gasteiger partial charge >= 0.3 is 5.97 Å². The molecule has 3 rings (SSSR count). The van der Waals surface area contributed by atoms with E-state index in [2.05, 4.69) is 0 Å². The van der Waals surface area contributed by atoms with E-state index in [1.54, 1.807) is 43.3 Å². The summed E-state index contributed by atoms with van der Waals surface area (Å²) in [5.41, 5.74) is 2.60. The van der Waals surface area contributed by atoms with Gasteiger partial charge in [0.05, 0.1) is 17.7 Å². The van der Waals surface area contributed by atoms with E-state index < -0.39 is 5.97 Å². The molecule has 156 valence electrons. The summed E-state index contributed by atoms with van der Waals surface area (Å²) in [6.07, 6.45) is 5.01. The molecule has 0 aliphatic carbocycles. The van der Waals surface area contributed by atoms with Crippen molar-refractivity contribution in [3.05, 3.63) is 113 Å². The van der Waals surface area contributed by atoms with Crippen molar-refractivity contribution in [3.63, 3.8) is 0 Å². The predicted molar refractivity (Wildman–Crippen MR) is 123 cm³/mol. The lowest BCUT2D eigenvalue weighted by Crippen LogP contribution is -2.15. The molecule has 0 saturated carbocycles. The van der Waals surface area contributed by atoms with Crippen LogP contribution in [0.2, 0.25) is 0 Å². The molecule has 0 heterocycles. The fourth-order valence-corrected chi connectivity index (χ4v) is 2.91. The van der Waals surface area contributed by atoms with E-state index in [1.807, 2.05) is 60.7 Å². The summed E-state index contributed by atoms with van der Waals surface area (Å²) >= 11 is 0. The molecule has 4 heteroatoms. The van der Waals surface area contributed by atoms with Gasteiger partial charge in [0, 0.05) is 0 Å². The third-order valence-corrected chi connectivity index (χ3v) is 4.44. The maximum absolute atomic E-state index is 12.7. The number of rotatable bonds is 9. The summed E-state index contributed by atoms with van der Waals surface area (Å²) in [6.45, 7) is 2.01. The van der Waals surface area contributed by atoms with Gasteiger partial charge in [0.1, 0.15) is 12.4 Å². The van der Waals surface area contributed by atoms with Crippen LogP contribution in [-0.4, -0.2) is 25.0 Å². The van der Waals surface area contributed by atoms with Crippen LogP contribution in [0.15, 0.2) is 96.6 Å². The van der Waals surface area contributed by atoms with Gasteiger partial charge < -0.3 is 9.47 Å². The van der Waals surface area contributed by atoms with Crippen molar-refractivity contribution < 1.29 is 19.1 Å². The van der Waals surface area contributed by atoms with Gasteiger partial charge in [-0.2, -0.15) is 0 Å². The van der Waals surface area contributed by atoms with Crippen LogP contribution in [0.4, 0.5) is 0 Å². The average molecular weight is 412 g/mol. The topological polar surface area (TPSA) is 52.6 Å². The van der Waals surface area contributed by atoms with Crippen LogP contribution >= 0.6 is 0 Å². The van der Waals surface area contributed by atoms with Gasteiger partial charge in [-0.3, -0.25) is 4.79 Å². The first-order valence-corrected chi connectivity index (χ1v) is 10.1. The third kappa shape index (κ3) is 6.54. The molecule has 3 aromatic carbocycles. The number of benzene rings is 3. The molecule has 0 bridgehead atoms. The lowest BCUT2D eigenvalue weighted by Gasteiger charge is -2.12. The van der Waals surface area contributed by atoms with Crippen LogP contribution in [0.3, 0.4) is 0 Å². The first-order chi connectivity index (χ1) is 15.2. The molecular formula is C27H24O4. The summed E-state index contributed by atoms with van der Waals surface area (Å²) in [5, 5.41) is 0. The zero-order valence-electron chi connectivity index (χ0n) is 17.4. The van der Waals surface area contributed by atoms with E-state index in [4.69, 9.17) is 9.47 Å². The Labute approximate surface area is 182 Å². The van der Waals surface area contributed by atoms with E-state index in [9.17, 15) is 9.59 Å². The van der Waals surface area contributed by atoms with Crippen molar-refractivity contribution in [2.75, 3.05) is 13.2 Å². The van der Waals surface area contributed by atoms with E-state index in [1.165, 1.54) is 6.08 Å². The van der Waals surface area contributed by atoms with E-state index >= 15 is 0 Å². The minimum atomic E-state index is -0.445. The highest BCUT2D eigenvalue weighted by Gasteiger charge is 2.15. The van der Waals surface area contributed by atoms with Crippen LogP contribution < -0.4 is 4.74 Å². The zero-order chi connectivity index (χ0) is 21.9. The molecule has 0 saturated heterocycles. The third-order valence-electron chi connectivity index (χ3n) is 4.44. The van der Waals surface area contributed by atoms with E-state index in [-0.39, 0.29) is 19.0 Å². The molecule has 31 heavy (non-hydrogen) atoms. The fraction of sp³-hybridized carbons (Fsp3) is 0.111. The highest BCUT2D eigenvalue weighted by molar-refractivity contribution is 6.08. The molecule has 0 fully saturated rings. The Balaban J connectivity index is 1.78. The van der Waals surface area contributed by atoms with Crippen molar-refractivity contribution in [1.82, 2.24) is 0 Å². The molecule has 4 nitrogen and oxygen atoms in total. The number of ether oxygens (including phenoxy) is 2. The number of allylic oxidation sites excluding steroid dienone is 1. The monoisotopic (exact) mass is 412 g/mol. The Kier molecular flexibility index (Phi) is 7.95. The summed E-state index contributed by atoms with van der Waals surface area (Å²) in [4.78, 5) is 25.1. The first-order valence-electron chi connectivity index (χ1n) is 10.1. The Morgan fingerprint density at radius 3 is 2.10 bits per heavy atom. The van der Waals surface area contributed by atoms with Gasteiger partial charge in [0.2, 0.25) is 0 Å². The Morgan fingerprint density at radius 2 is 1.42 bits per heavy atom. The molecule has 0 radical (unpaired) electrons. The van der Waals surface area contributed by atoms with Crippen LogP contribution in [0.25, 0.3) is 12.2 Å². The lowest BCUT2D eigenvalue weighted by atomic mass is 10.1. The maximum Gasteiger partial charge on any atom is 0.337 e. The number of carbonyl (C=O) groups excluding carboxylic acids is 2. The van der Waals surface area contributed by atoms with Crippen molar-refractivity contribution in [1.29, 1.82) is 0 Å². The minimum Gasteiger partial charge on any atom is -0.488 e. The number of esters is 1. The smallest absolute Gasteiger partial charge is 0.337 e.